The number of aromatic nitrogens is 2. The normalized spacial score (nSPS) is 19.9. The molecular formula is C19H22N4O5S. The number of hydrogen-bond donors (Lipinski definition) is 1. The zero-order valence-electron chi connectivity index (χ0n) is 15.8. The van der Waals surface area contributed by atoms with Crippen LogP contribution in [0.1, 0.15) is 34.9 Å². The van der Waals surface area contributed by atoms with Crippen LogP contribution in [0.15, 0.2) is 29.2 Å². The van der Waals surface area contributed by atoms with Crippen molar-refractivity contribution in [2.45, 2.75) is 23.7 Å². The Hall–Kier alpha value is -2.59. The van der Waals surface area contributed by atoms with Gasteiger partial charge in [-0.05, 0) is 31.0 Å². The molecule has 1 N–H and O–H groups in total. The fourth-order valence-corrected chi connectivity index (χ4v) is 5.11. The first-order valence-corrected chi connectivity index (χ1v) is 11.2. The first kappa shape index (κ1) is 18.4. The molecule has 0 atom stereocenters. The number of piperazine rings is 1. The minimum absolute atomic E-state index is 0.162. The Balaban J connectivity index is 1.26. The Morgan fingerprint density at radius 1 is 1.03 bits per heavy atom. The molecule has 2 aromatic rings. The smallest absolute Gasteiger partial charge is 0.274 e. The summed E-state index contributed by atoms with van der Waals surface area (Å²) in [6, 6.07) is 6.47. The minimum atomic E-state index is -3.67. The third-order valence-corrected chi connectivity index (χ3v) is 7.41. The molecule has 1 aromatic heterocycles. The molecule has 0 radical (unpaired) electrons. The highest BCUT2D eigenvalue weighted by atomic mass is 32.2. The standard InChI is InChI=1S/C19H22N4O5S/c24-19(16-12-15(20-21-16)13-1-2-13)22-5-7-23(8-6-22)29(25,26)14-3-4-17-18(11-14)28-10-9-27-17/h3-4,11-13H,1-2,5-10H2,(H,20,21). The van der Waals surface area contributed by atoms with Gasteiger partial charge in [-0.2, -0.15) is 9.40 Å². The Morgan fingerprint density at radius 2 is 1.76 bits per heavy atom. The highest BCUT2D eigenvalue weighted by molar-refractivity contribution is 7.89. The van der Waals surface area contributed by atoms with Crippen LogP contribution < -0.4 is 9.47 Å². The lowest BCUT2D eigenvalue weighted by molar-refractivity contribution is 0.0692. The number of rotatable bonds is 4. The lowest BCUT2D eigenvalue weighted by atomic mass is 10.2. The van der Waals surface area contributed by atoms with Crippen LogP contribution in [0, 0.1) is 0 Å². The van der Waals surface area contributed by atoms with Gasteiger partial charge in [-0.15, -0.1) is 0 Å². The van der Waals surface area contributed by atoms with E-state index < -0.39 is 10.0 Å². The third-order valence-electron chi connectivity index (χ3n) is 5.51. The lowest BCUT2D eigenvalue weighted by Crippen LogP contribution is -2.50. The van der Waals surface area contributed by atoms with Crippen LogP contribution in [0.4, 0.5) is 0 Å². The van der Waals surface area contributed by atoms with Crippen molar-refractivity contribution in [1.29, 1.82) is 0 Å². The largest absolute Gasteiger partial charge is 0.486 e. The second kappa shape index (κ2) is 7.03. The summed E-state index contributed by atoms with van der Waals surface area (Å²) in [5.41, 5.74) is 1.41. The maximum atomic E-state index is 13.0. The molecule has 1 saturated carbocycles. The van der Waals surface area contributed by atoms with Gasteiger partial charge in [0.25, 0.3) is 5.91 Å². The van der Waals surface area contributed by atoms with Gasteiger partial charge in [0.2, 0.25) is 10.0 Å². The van der Waals surface area contributed by atoms with Gasteiger partial charge >= 0.3 is 0 Å². The summed E-state index contributed by atoms with van der Waals surface area (Å²) in [5, 5.41) is 7.08. The molecule has 0 bridgehead atoms. The third kappa shape index (κ3) is 3.46. The molecule has 9 nitrogen and oxygen atoms in total. The van der Waals surface area contributed by atoms with Gasteiger partial charge in [-0.1, -0.05) is 0 Å². The van der Waals surface area contributed by atoms with E-state index >= 15 is 0 Å². The van der Waals surface area contributed by atoms with Crippen molar-refractivity contribution < 1.29 is 22.7 Å². The van der Waals surface area contributed by atoms with Gasteiger partial charge in [-0.3, -0.25) is 9.89 Å². The molecule has 1 saturated heterocycles. The minimum Gasteiger partial charge on any atom is -0.486 e. The molecule has 1 amide bonds. The second-order valence-corrected chi connectivity index (χ2v) is 9.42. The van der Waals surface area contributed by atoms with Crippen molar-refractivity contribution in [2.75, 3.05) is 39.4 Å². The number of H-pyrrole nitrogens is 1. The molecule has 1 aliphatic carbocycles. The summed E-state index contributed by atoms with van der Waals surface area (Å²) in [6.07, 6.45) is 2.26. The zero-order valence-corrected chi connectivity index (χ0v) is 16.7. The molecule has 29 heavy (non-hydrogen) atoms. The van der Waals surface area contributed by atoms with Crippen LogP contribution in [0.25, 0.3) is 0 Å². The quantitative estimate of drug-likeness (QED) is 0.800. The van der Waals surface area contributed by atoms with Crippen LogP contribution >= 0.6 is 0 Å². The monoisotopic (exact) mass is 418 g/mol. The number of carbonyl (C=O) groups excluding carboxylic acids is 1. The van der Waals surface area contributed by atoms with Crippen LogP contribution in [0.3, 0.4) is 0 Å². The Bertz CT molecular complexity index is 1040. The Morgan fingerprint density at radius 3 is 2.48 bits per heavy atom. The number of fused-ring (bicyclic) bond motifs is 1. The van der Waals surface area contributed by atoms with E-state index in [9.17, 15) is 13.2 Å². The van der Waals surface area contributed by atoms with Gasteiger partial charge in [-0.25, -0.2) is 8.42 Å². The summed E-state index contributed by atoms with van der Waals surface area (Å²) in [7, 11) is -3.67. The first-order valence-electron chi connectivity index (χ1n) is 9.77. The average molecular weight is 418 g/mol. The summed E-state index contributed by atoms with van der Waals surface area (Å²) in [4.78, 5) is 14.5. The van der Waals surface area contributed by atoms with E-state index in [4.69, 9.17) is 9.47 Å². The molecular weight excluding hydrogens is 396 g/mol. The first-order chi connectivity index (χ1) is 14.0. The van der Waals surface area contributed by atoms with E-state index in [-0.39, 0.29) is 23.9 Å². The fraction of sp³-hybridized carbons (Fsp3) is 0.474. The van der Waals surface area contributed by atoms with E-state index in [0.29, 0.717) is 49.4 Å². The Labute approximate surface area is 168 Å². The Kier molecular flexibility index (Phi) is 4.47. The number of nitrogens with zero attached hydrogens (tertiary/aromatic N) is 3. The number of nitrogens with one attached hydrogen (secondary N) is 1. The average Bonchev–Trinajstić information content (AvgIpc) is 3.49. The van der Waals surface area contributed by atoms with Crippen LogP contribution in [0.5, 0.6) is 11.5 Å². The van der Waals surface area contributed by atoms with Gasteiger partial charge in [0.1, 0.15) is 18.9 Å². The van der Waals surface area contributed by atoms with Crippen LogP contribution in [-0.4, -0.2) is 73.1 Å². The molecule has 2 aliphatic heterocycles. The van der Waals surface area contributed by atoms with Gasteiger partial charge in [0.05, 0.1) is 4.90 Å². The number of sulfonamides is 1. The lowest BCUT2D eigenvalue weighted by Gasteiger charge is -2.33. The van der Waals surface area contributed by atoms with Gasteiger partial charge in [0, 0.05) is 43.9 Å². The maximum absolute atomic E-state index is 13.0. The summed E-state index contributed by atoms with van der Waals surface area (Å²) >= 11 is 0. The number of aromatic amines is 1. The van der Waals surface area contributed by atoms with Crippen molar-refractivity contribution in [2.24, 2.45) is 0 Å². The molecule has 3 heterocycles. The number of carbonyl (C=O) groups is 1. The molecule has 2 fully saturated rings. The van der Waals surface area contributed by atoms with Gasteiger partial charge in [0.15, 0.2) is 11.5 Å². The molecule has 3 aliphatic rings. The van der Waals surface area contributed by atoms with E-state index in [2.05, 4.69) is 10.2 Å². The molecule has 10 heteroatoms. The molecule has 0 unspecified atom stereocenters. The van der Waals surface area contributed by atoms with E-state index in [0.717, 1.165) is 18.5 Å². The molecule has 0 spiro atoms. The SMILES string of the molecule is O=C(c1cc(C2CC2)[nH]n1)N1CCN(S(=O)(=O)c2ccc3c(c2)OCCO3)CC1. The van der Waals surface area contributed by atoms with Crippen molar-refractivity contribution in [3.05, 3.63) is 35.7 Å². The van der Waals surface area contributed by atoms with Crippen molar-refractivity contribution in [3.8, 4) is 11.5 Å². The number of amides is 1. The predicted molar refractivity (Wildman–Crippen MR) is 103 cm³/mol. The van der Waals surface area contributed by atoms with Gasteiger partial charge < -0.3 is 14.4 Å². The van der Waals surface area contributed by atoms with E-state index in [1.54, 1.807) is 11.0 Å². The molecule has 1 aromatic carbocycles. The fourth-order valence-electron chi connectivity index (χ4n) is 3.68. The zero-order chi connectivity index (χ0) is 20.0. The van der Waals surface area contributed by atoms with E-state index in [1.807, 2.05) is 6.07 Å². The molecule has 5 rings (SSSR count). The highest BCUT2D eigenvalue weighted by Gasteiger charge is 2.33. The van der Waals surface area contributed by atoms with Crippen molar-refractivity contribution in [1.82, 2.24) is 19.4 Å². The predicted octanol–water partition coefficient (Wildman–Crippen LogP) is 1.20. The van der Waals surface area contributed by atoms with Crippen molar-refractivity contribution in [3.63, 3.8) is 0 Å². The summed E-state index contributed by atoms with van der Waals surface area (Å²) < 4.78 is 38.4. The van der Waals surface area contributed by atoms with Crippen molar-refractivity contribution >= 4 is 15.9 Å². The topological polar surface area (TPSA) is 105 Å². The number of benzene rings is 1. The van der Waals surface area contributed by atoms with E-state index in [1.165, 1.54) is 16.4 Å². The van der Waals surface area contributed by atoms with Crippen LogP contribution in [0.2, 0.25) is 0 Å². The number of hydrogen-bond acceptors (Lipinski definition) is 6. The summed E-state index contributed by atoms with van der Waals surface area (Å²) in [5.74, 6) is 1.33. The molecule has 154 valence electrons. The maximum Gasteiger partial charge on any atom is 0.274 e. The van der Waals surface area contributed by atoms with Crippen LogP contribution in [-0.2, 0) is 10.0 Å². The second-order valence-electron chi connectivity index (χ2n) is 7.48. The highest BCUT2D eigenvalue weighted by Crippen LogP contribution is 2.39. The summed E-state index contributed by atoms with van der Waals surface area (Å²) in [6.45, 7) is 1.98. The number of ether oxygens (including phenoxy) is 2.